The van der Waals surface area contributed by atoms with Crippen LogP contribution in [0.4, 0.5) is 0 Å². The number of hydrogen-bond donors (Lipinski definition) is 1. The van der Waals surface area contributed by atoms with Crippen molar-refractivity contribution >= 4 is 51.6 Å². The molecule has 1 N–H and O–H groups in total. The van der Waals surface area contributed by atoms with Gasteiger partial charge in [-0.2, -0.15) is 0 Å². The summed E-state index contributed by atoms with van der Waals surface area (Å²) in [7, 11) is 1.75. The van der Waals surface area contributed by atoms with E-state index < -0.39 is 12.0 Å². The van der Waals surface area contributed by atoms with Gasteiger partial charge in [-0.1, -0.05) is 0 Å². The molecule has 0 saturated carbocycles. The Hall–Kier alpha value is -0.630. The molecule has 2 heterocycles. The van der Waals surface area contributed by atoms with Crippen LogP contribution in [0.3, 0.4) is 0 Å². The Bertz CT molecular complexity index is 511. The number of likely N-dealkylation sites (tertiary alicyclic amines) is 1. The molecule has 1 aromatic rings. The predicted molar refractivity (Wildman–Crippen MR) is 88.0 cm³/mol. The average molecular weight is 398 g/mol. The van der Waals surface area contributed by atoms with Crippen LogP contribution < -0.4 is 0 Å². The molecule has 118 valence electrons. The van der Waals surface area contributed by atoms with Crippen LogP contribution in [-0.2, 0) is 16.1 Å². The molecule has 0 aliphatic carbocycles. The summed E-state index contributed by atoms with van der Waals surface area (Å²) in [5.41, 5.74) is 0. The van der Waals surface area contributed by atoms with E-state index in [-0.39, 0.29) is 24.9 Å². The summed E-state index contributed by atoms with van der Waals surface area (Å²) in [6.07, 6.45) is 1.47. The van der Waals surface area contributed by atoms with Crippen molar-refractivity contribution in [2.24, 2.45) is 0 Å². The van der Waals surface area contributed by atoms with Crippen molar-refractivity contribution in [3.8, 4) is 0 Å². The van der Waals surface area contributed by atoms with E-state index in [2.05, 4.69) is 15.9 Å². The van der Waals surface area contributed by atoms with Crippen molar-refractivity contribution in [2.75, 3.05) is 20.1 Å². The molecule has 1 aromatic heterocycles. The van der Waals surface area contributed by atoms with Crippen molar-refractivity contribution < 1.29 is 14.7 Å². The normalized spacial score (nSPS) is 18.3. The molecule has 1 amide bonds. The Labute approximate surface area is 142 Å². The largest absolute Gasteiger partial charge is 0.480 e. The first-order valence-electron chi connectivity index (χ1n) is 6.41. The molecular formula is C13H18BrClN2O3S. The molecule has 8 heteroatoms. The Morgan fingerprint density at radius 1 is 1.57 bits per heavy atom. The summed E-state index contributed by atoms with van der Waals surface area (Å²) in [5.74, 6) is -0.872. The number of rotatable bonds is 5. The zero-order valence-corrected chi connectivity index (χ0v) is 14.8. The van der Waals surface area contributed by atoms with Crippen LogP contribution in [0.25, 0.3) is 0 Å². The van der Waals surface area contributed by atoms with Gasteiger partial charge in [0.2, 0.25) is 5.91 Å². The molecule has 1 aliphatic heterocycles. The van der Waals surface area contributed by atoms with E-state index in [9.17, 15) is 9.59 Å². The number of amides is 1. The topological polar surface area (TPSA) is 60.9 Å². The van der Waals surface area contributed by atoms with Gasteiger partial charge in [-0.3, -0.25) is 14.5 Å². The third-order valence-electron chi connectivity index (χ3n) is 3.43. The van der Waals surface area contributed by atoms with E-state index in [4.69, 9.17) is 5.11 Å². The maximum Gasteiger partial charge on any atom is 0.320 e. The number of halogens is 2. The number of hydrogen-bond acceptors (Lipinski definition) is 4. The second kappa shape index (κ2) is 8.12. The van der Waals surface area contributed by atoms with Crippen LogP contribution in [-0.4, -0.2) is 53.0 Å². The van der Waals surface area contributed by atoms with E-state index in [1.807, 2.05) is 11.4 Å². The molecule has 0 radical (unpaired) electrons. The van der Waals surface area contributed by atoms with Crippen molar-refractivity contribution in [1.29, 1.82) is 0 Å². The number of likely N-dealkylation sites (N-methyl/N-ethyl adjacent to an activating group) is 1. The smallest absolute Gasteiger partial charge is 0.320 e. The minimum absolute atomic E-state index is 0. The van der Waals surface area contributed by atoms with E-state index in [0.717, 1.165) is 15.8 Å². The molecule has 0 aromatic carbocycles. The first-order valence-corrected chi connectivity index (χ1v) is 8.08. The van der Waals surface area contributed by atoms with Crippen LogP contribution in [0.2, 0.25) is 0 Å². The van der Waals surface area contributed by atoms with Crippen molar-refractivity contribution in [3.63, 3.8) is 0 Å². The third kappa shape index (κ3) is 4.95. The fourth-order valence-electron chi connectivity index (χ4n) is 2.35. The minimum atomic E-state index is -0.833. The second-order valence-electron chi connectivity index (χ2n) is 4.95. The van der Waals surface area contributed by atoms with Gasteiger partial charge in [0.1, 0.15) is 6.04 Å². The van der Waals surface area contributed by atoms with Gasteiger partial charge in [0.25, 0.3) is 0 Å². The standard InChI is InChI=1S/C13H17BrN2O3S.ClH/c1-15(6-10-5-9(14)8-20-10)12(17)7-16-4-2-3-11(16)13(18)19;/h5,8,11H,2-4,6-7H2,1H3,(H,18,19);1H. The molecule has 1 atom stereocenters. The van der Waals surface area contributed by atoms with Crippen LogP contribution in [0, 0.1) is 0 Å². The molecule has 1 saturated heterocycles. The highest BCUT2D eigenvalue weighted by molar-refractivity contribution is 9.10. The Kier molecular flexibility index (Phi) is 7.12. The maximum atomic E-state index is 12.2. The van der Waals surface area contributed by atoms with Crippen LogP contribution in [0.15, 0.2) is 15.9 Å². The van der Waals surface area contributed by atoms with Gasteiger partial charge in [0.05, 0.1) is 13.1 Å². The summed E-state index contributed by atoms with van der Waals surface area (Å²) in [5, 5.41) is 11.1. The maximum absolute atomic E-state index is 12.2. The van der Waals surface area contributed by atoms with Crippen LogP contribution >= 0.6 is 39.7 Å². The van der Waals surface area contributed by atoms with Gasteiger partial charge in [0.15, 0.2) is 0 Å². The number of carboxylic acids is 1. The highest BCUT2D eigenvalue weighted by Gasteiger charge is 2.32. The zero-order chi connectivity index (χ0) is 14.7. The SMILES string of the molecule is CN(Cc1cc(Br)cs1)C(=O)CN1CCCC1C(=O)O.Cl. The van der Waals surface area contributed by atoms with E-state index in [1.165, 1.54) is 0 Å². The van der Waals surface area contributed by atoms with Gasteiger partial charge in [-0.05, 0) is 41.4 Å². The lowest BCUT2D eigenvalue weighted by atomic mass is 10.2. The van der Waals surface area contributed by atoms with Crippen LogP contribution in [0.1, 0.15) is 17.7 Å². The number of aliphatic carboxylic acids is 1. The summed E-state index contributed by atoms with van der Waals surface area (Å²) in [6, 6.07) is 1.48. The van der Waals surface area contributed by atoms with Gasteiger partial charge in [0, 0.05) is 21.8 Å². The Morgan fingerprint density at radius 3 is 2.86 bits per heavy atom. The highest BCUT2D eigenvalue weighted by Crippen LogP contribution is 2.21. The van der Waals surface area contributed by atoms with Gasteiger partial charge < -0.3 is 10.0 Å². The molecule has 0 bridgehead atoms. The zero-order valence-electron chi connectivity index (χ0n) is 11.6. The summed E-state index contributed by atoms with van der Waals surface area (Å²) in [4.78, 5) is 27.8. The average Bonchev–Trinajstić information content (AvgIpc) is 2.98. The first kappa shape index (κ1) is 18.4. The summed E-state index contributed by atoms with van der Waals surface area (Å²) >= 11 is 4.98. The monoisotopic (exact) mass is 396 g/mol. The molecule has 5 nitrogen and oxygen atoms in total. The van der Waals surface area contributed by atoms with Gasteiger partial charge in [-0.15, -0.1) is 23.7 Å². The van der Waals surface area contributed by atoms with Crippen molar-refractivity contribution in [3.05, 3.63) is 20.8 Å². The van der Waals surface area contributed by atoms with E-state index in [0.29, 0.717) is 19.5 Å². The Morgan fingerprint density at radius 2 is 2.29 bits per heavy atom. The van der Waals surface area contributed by atoms with E-state index >= 15 is 0 Å². The van der Waals surface area contributed by atoms with Crippen LogP contribution in [0.5, 0.6) is 0 Å². The molecule has 1 fully saturated rings. The second-order valence-corrected chi connectivity index (χ2v) is 6.86. The molecule has 1 unspecified atom stereocenters. The number of carboxylic acid groups (broad SMARTS) is 1. The van der Waals surface area contributed by atoms with Gasteiger partial charge >= 0.3 is 5.97 Å². The summed E-state index contributed by atoms with van der Waals surface area (Å²) in [6.45, 7) is 1.42. The molecule has 21 heavy (non-hydrogen) atoms. The molecule has 1 aliphatic rings. The predicted octanol–water partition coefficient (Wildman–Crippen LogP) is 2.44. The number of carbonyl (C=O) groups excluding carboxylic acids is 1. The highest BCUT2D eigenvalue weighted by atomic mass is 79.9. The lowest BCUT2D eigenvalue weighted by Crippen LogP contribution is -2.43. The molecule has 2 rings (SSSR count). The van der Waals surface area contributed by atoms with E-state index in [1.54, 1.807) is 28.2 Å². The van der Waals surface area contributed by atoms with Gasteiger partial charge in [-0.25, -0.2) is 0 Å². The number of thiophene rings is 1. The summed E-state index contributed by atoms with van der Waals surface area (Å²) < 4.78 is 1.02. The third-order valence-corrected chi connectivity index (χ3v) is 5.11. The molecule has 0 spiro atoms. The first-order chi connectivity index (χ1) is 9.47. The van der Waals surface area contributed by atoms with Crippen molar-refractivity contribution in [2.45, 2.75) is 25.4 Å². The lowest BCUT2D eigenvalue weighted by Gasteiger charge is -2.24. The number of nitrogens with zero attached hydrogens (tertiary/aromatic N) is 2. The quantitative estimate of drug-likeness (QED) is 0.829. The lowest BCUT2D eigenvalue weighted by molar-refractivity contribution is -0.143. The Balaban J connectivity index is 0.00000220. The fraction of sp³-hybridized carbons (Fsp3) is 0.538. The fourth-order valence-corrected chi connectivity index (χ4v) is 3.85. The van der Waals surface area contributed by atoms with Crippen molar-refractivity contribution in [1.82, 2.24) is 9.80 Å². The molecular weight excluding hydrogens is 380 g/mol. The number of carbonyl (C=O) groups is 2. The minimum Gasteiger partial charge on any atom is -0.480 e.